The number of nitrogens with zero attached hydrogens (tertiary/aromatic N) is 1. The van der Waals surface area contributed by atoms with Crippen LogP contribution in [-0.2, 0) is 11.2 Å². The molecular weight excluding hydrogens is 268 g/mol. The Morgan fingerprint density at radius 2 is 2.25 bits per heavy atom. The molecule has 4 heteroatoms. The minimum Gasteiger partial charge on any atom is -0.335 e. The van der Waals surface area contributed by atoms with Gasteiger partial charge in [-0.2, -0.15) is 0 Å². The van der Waals surface area contributed by atoms with Crippen LogP contribution in [-0.4, -0.2) is 30.4 Å². The summed E-state index contributed by atoms with van der Waals surface area (Å²) in [5.74, 6) is 1.35. The van der Waals surface area contributed by atoms with Gasteiger partial charge in [0, 0.05) is 18.0 Å². The molecule has 2 aliphatic heterocycles. The van der Waals surface area contributed by atoms with Gasteiger partial charge in [0.1, 0.15) is 0 Å². The lowest BCUT2D eigenvalue weighted by Crippen LogP contribution is -2.47. The summed E-state index contributed by atoms with van der Waals surface area (Å²) in [6, 6.07) is 2.65. The Kier molecular flexibility index (Phi) is 3.31. The number of fused-ring (bicyclic) bond motifs is 1. The number of thiophene rings is 1. The summed E-state index contributed by atoms with van der Waals surface area (Å²) in [7, 11) is 0. The minimum absolute atomic E-state index is 0.213. The van der Waals surface area contributed by atoms with Gasteiger partial charge in [-0.1, -0.05) is 0 Å². The topological polar surface area (TPSA) is 32.3 Å². The van der Waals surface area contributed by atoms with Gasteiger partial charge in [-0.25, -0.2) is 0 Å². The maximum Gasteiger partial charge on any atom is 0.227 e. The van der Waals surface area contributed by atoms with Crippen LogP contribution >= 0.6 is 11.3 Å². The molecular formula is C16H22N2OS. The predicted molar refractivity (Wildman–Crippen MR) is 80.8 cm³/mol. The molecule has 3 nitrogen and oxygen atoms in total. The highest BCUT2D eigenvalue weighted by Crippen LogP contribution is 2.48. The molecule has 1 aromatic heterocycles. The largest absolute Gasteiger partial charge is 0.335 e. The molecule has 4 rings (SSSR count). The first-order valence-electron chi connectivity index (χ1n) is 7.92. The first kappa shape index (κ1) is 12.8. The van der Waals surface area contributed by atoms with Crippen LogP contribution in [0, 0.1) is 11.8 Å². The van der Waals surface area contributed by atoms with Gasteiger partial charge in [-0.15, -0.1) is 11.3 Å². The molecule has 3 aliphatic rings. The average molecular weight is 290 g/mol. The highest BCUT2D eigenvalue weighted by atomic mass is 32.1. The maximum absolute atomic E-state index is 12.9. The van der Waals surface area contributed by atoms with Gasteiger partial charge in [0.2, 0.25) is 5.91 Å². The molecule has 2 atom stereocenters. The monoisotopic (exact) mass is 290 g/mol. The summed E-state index contributed by atoms with van der Waals surface area (Å²) in [5, 5.41) is 5.59. The lowest BCUT2D eigenvalue weighted by Gasteiger charge is -2.39. The Hall–Kier alpha value is -0.870. The molecule has 0 radical (unpaired) electrons. The summed E-state index contributed by atoms with van der Waals surface area (Å²) in [4.78, 5) is 16.7. The smallest absolute Gasteiger partial charge is 0.227 e. The average Bonchev–Trinajstić information content (AvgIpc) is 3.23. The molecule has 0 aromatic carbocycles. The van der Waals surface area contributed by atoms with Crippen molar-refractivity contribution in [1.29, 1.82) is 0 Å². The van der Waals surface area contributed by atoms with E-state index in [2.05, 4.69) is 21.7 Å². The summed E-state index contributed by atoms with van der Waals surface area (Å²) < 4.78 is 0. The first-order valence-corrected chi connectivity index (χ1v) is 8.80. The van der Waals surface area contributed by atoms with Crippen molar-refractivity contribution >= 4 is 17.2 Å². The molecule has 108 valence electrons. The number of rotatable bonds is 2. The number of nitrogens with one attached hydrogen (secondary N) is 1. The third kappa shape index (κ3) is 2.19. The maximum atomic E-state index is 12.9. The highest BCUT2D eigenvalue weighted by molar-refractivity contribution is 7.10. The van der Waals surface area contributed by atoms with Crippen molar-refractivity contribution in [2.75, 3.05) is 19.6 Å². The zero-order valence-corrected chi connectivity index (χ0v) is 12.6. The van der Waals surface area contributed by atoms with Crippen molar-refractivity contribution in [3.63, 3.8) is 0 Å². The third-order valence-electron chi connectivity index (χ3n) is 5.01. The van der Waals surface area contributed by atoms with Crippen LogP contribution in [0.5, 0.6) is 0 Å². The normalized spacial score (nSPS) is 30.1. The first-order chi connectivity index (χ1) is 9.84. The summed E-state index contributed by atoms with van der Waals surface area (Å²) in [6.07, 6.45) is 5.86. The van der Waals surface area contributed by atoms with Crippen molar-refractivity contribution in [3.8, 4) is 0 Å². The molecule has 20 heavy (non-hydrogen) atoms. The van der Waals surface area contributed by atoms with Crippen LogP contribution in [0.2, 0.25) is 0 Å². The molecule has 3 heterocycles. The van der Waals surface area contributed by atoms with E-state index in [0.717, 1.165) is 44.8 Å². The molecule has 0 spiro atoms. The van der Waals surface area contributed by atoms with Gasteiger partial charge >= 0.3 is 0 Å². The van der Waals surface area contributed by atoms with Gasteiger partial charge in [0.05, 0.1) is 12.0 Å². The Morgan fingerprint density at radius 3 is 3.00 bits per heavy atom. The Bertz CT molecular complexity index is 502. The van der Waals surface area contributed by atoms with Gasteiger partial charge in [0.15, 0.2) is 0 Å². The van der Waals surface area contributed by atoms with E-state index in [1.165, 1.54) is 23.3 Å². The molecule has 1 unspecified atom stereocenters. The molecule has 1 amide bonds. The fourth-order valence-electron chi connectivity index (χ4n) is 3.81. The zero-order valence-electron chi connectivity index (χ0n) is 11.8. The van der Waals surface area contributed by atoms with E-state index < -0.39 is 0 Å². The highest BCUT2D eigenvalue weighted by Gasteiger charge is 2.43. The van der Waals surface area contributed by atoms with E-state index >= 15 is 0 Å². The fraction of sp³-hybridized carbons (Fsp3) is 0.688. The molecule has 1 saturated heterocycles. The van der Waals surface area contributed by atoms with Crippen LogP contribution < -0.4 is 5.32 Å². The molecule has 1 aliphatic carbocycles. The number of carbonyl (C=O) groups excluding carboxylic acids is 1. The van der Waals surface area contributed by atoms with Gasteiger partial charge < -0.3 is 10.2 Å². The zero-order chi connectivity index (χ0) is 13.5. The quantitative estimate of drug-likeness (QED) is 0.908. The van der Waals surface area contributed by atoms with E-state index in [-0.39, 0.29) is 5.92 Å². The van der Waals surface area contributed by atoms with Crippen LogP contribution in [0.1, 0.15) is 42.2 Å². The third-order valence-corrected chi connectivity index (χ3v) is 6.01. The van der Waals surface area contributed by atoms with Gasteiger partial charge in [-0.05, 0) is 61.6 Å². The fourth-order valence-corrected chi connectivity index (χ4v) is 4.72. The molecule has 1 aromatic rings. The van der Waals surface area contributed by atoms with Gasteiger partial charge in [0.25, 0.3) is 0 Å². The van der Waals surface area contributed by atoms with Crippen molar-refractivity contribution in [2.24, 2.45) is 11.8 Å². The molecule has 1 N–H and O–H groups in total. The second-order valence-corrected chi connectivity index (χ2v) is 7.41. The number of hydrogen-bond donors (Lipinski definition) is 1. The number of piperidine rings is 1. The number of hydrogen-bond acceptors (Lipinski definition) is 3. The second-order valence-electron chi connectivity index (χ2n) is 6.41. The van der Waals surface area contributed by atoms with E-state index in [1.54, 1.807) is 0 Å². The van der Waals surface area contributed by atoms with E-state index in [0.29, 0.717) is 11.9 Å². The Balaban J connectivity index is 1.59. The van der Waals surface area contributed by atoms with Crippen LogP contribution in [0.25, 0.3) is 0 Å². The molecule has 1 saturated carbocycles. The predicted octanol–water partition coefficient (Wildman–Crippen LogP) is 2.58. The standard InChI is InChI=1S/C16H22N2OS/c19-16(12-2-1-7-17-10-12)18-8-5-14-13(6-9-20-14)15(18)11-3-4-11/h6,9,11-12,15,17H,1-5,7-8,10H2/t12-,15?/m0/s1. The summed E-state index contributed by atoms with van der Waals surface area (Å²) >= 11 is 1.87. The van der Waals surface area contributed by atoms with Crippen LogP contribution in [0.3, 0.4) is 0 Å². The van der Waals surface area contributed by atoms with Gasteiger partial charge in [-0.3, -0.25) is 4.79 Å². The Labute approximate surface area is 124 Å². The van der Waals surface area contributed by atoms with Crippen molar-refractivity contribution < 1.29 is 4.79 Å². The summed E-state index contributed by atoms with van der Waals surface area (Å²) in [5.41, 5.74) is 1.46. The van der Waals surface area contributed by atoms with Crippen molar-refractivity contribution in [2.45, 2.75) is 38.1 Å². The lowest BCUT2D eigenvalue weighted by atomic mass is 9.92. The summed E-state index contributed by atoms with van der Waals surface area (Å²) in [6.45, 7) is 2.89. The van der Waals surface area contributed by atoms with Crippen molar-refractivity contribution in [3.05, 3.63) is 21.9 Å². The van der Waals surface area contributed by atoms with E-state index in [1.807, 2.05) is 11.3 Å². The van der Waals surface area contributed by atoms with Crippen LogP contribution in [0.4, 0.5) is 0 Å². The Morgan fingerprint density at radius 1 is 1.35 bits per heavy atom. The lowest BCUT2D eigenvalue weighted by molar-refractivity contribution is -0.139. The molecule has 0 bridgehead atoms. The number of carbonyl (C=O) groups is 1. The van der Waals surface area contributed by atoms with E-state index in [9.17, 15) is 4.79 Å². The van der Waals surface area contributed by atoms with E-state index in [4.69, 9.17) is 0 Å². The van der Waals surface area contributed by atoms with Crippen molar-refractivity contribution in [1.82, 2.24) is 10.2 Å². The molecule has 2 fully saturated rings. The number of amides is 1. The SMILES string of the molecule is O=C([C@H]1CCCNC1)N1CCc2sccc2C1C1CC1. The van der Waals surface area contributed by atoms with Crippen LogP contribution in [0.15, 0.2) is 11.4 Å². The second kappa shape index (κ2) is 5.15. The minimum atomic E-state index is 0.213.